The van der Waals surface area contributed by atoms with Gasteiger partial charge in [-0.05, 0) is 83.3 Å². The largest absolute Gasteiger partial charge is 0.373 e. The number of hydrogen-bond acceptors (Lipinski definition) is 4. The van der Waals surface area contributed by atoms with E-state index in [2.05, 4.69) is 87.0 Å². The lowest BCUT2D eigenvalue weighted by Crippen LogP contribution is -2.22. The fourth-order valence-electron chi connectivity index (χ4n) is 4.01. The van der Waals surface area contributed by atoms with Gasteiger partial charge in [0.25, 0.3) is 0 Å². The van der Waals surface area contributed by atoms with Gasteiger partial charge in [0.05, 0.1) is 12.4 Å². The van der Waals surface area contributed by atoms with E-state index in [0.29, 0.717) is 0 Å². The summed E-state index contributed by atoms with van der Waals surface area (Å²) < 4.78 is 0. The monoisotopic (exact) mass is 404 g/mol. The van der Waals surface area contributed by atoms with Crippen molar-refractivity contribution in [2.45, 2.75) is 19.9 Å². The van der Waals surface area contributed by atoms with Crippen LogP contribution in [0.25, 0.3) is 28.3 Å². The van der Waals surface area contributed by atoms with Crippen molar-refractivity contribution in [3.8, 4) is 22.3 Å². The Morgan fingerprint density at radius 2 is 1.61 bits per heavy atom. The number of fused-ring (bicyclic) bond motifs is 1. The van der Waals surface area contributed by atoms with Crippen molar-refractivity contribution in [1.82, 2.24) is 20.1 Å². The number of pyridine rings is 1. The molecule has 31 heavy (non-hydrogen) atoms. The normalized spacial score (nSPS) is 12.6. The van der Waals surface area contributed by atoms with Gasteiger partial charge in [-0.25, -0.2) is 0 Å². The molecule has 0 radical (unpaired) electrons. The van der Waals surface area contributed by atoms with E-state index in [9.17, 15) is 0 Å². The lowest BCUT2D eigenvalue weighted by molar-refractivity contribution is 0.371. The van der Waals surface area contributed by atoms with E-state index in [0.717, 1.165) is 30.8 Å². The van der Waals surface area contributed by atoms with Crippen LogP contribution in [0.5, 0.6) is 0 Å². The Bertz CT molecular complexity index is 1210. The number of aryl methyl sites for hydroxylation is 1. The third kappa shape index (κ3) is 4.38. The molecule has 3 heterocycles. The van der Waals surface area contributed by atoms with E-state index in [1.165, 1.54) is 33.4 Å². The van der Waals surface area contributed by atoms with Gasteiger partial charge >= 0.3 is 0 Å². The van der Waals surface area contributed by atoms with Gasteiger partial charge in [0.2, 0.25) is 0 Å². The second kappa shape index (κ2) is 8.52. The first kappa shape index (κ1) is 19.2. The van der Waals surface area contributed by atoms with Crippen molar-refractivity contribution in [3.63, 3.8) is 0 Å². The summed E-state index contributed by atoms with van der Waals surface area (Å²) in [6, 6.07) is 21.7. The van der Waals surface area contributed by atoms with Crippen LogP contribution in [0, 0.1) is 6.92 Å². The van der Waals surface area contributed by atoms with Crippen LogP contribution in [0.4, 0.5) is 0 Å². The Kier molecular flexibility index (Phi) is 5.28. The molecule has 0 bridgehead atoms. The molecule has 0 spiro atoms. The summed E-state index contributed by atoms with van der Waals surface area (Å²) in [5.41, 5.74) is 9.77. The minimum atomic E-state index is 0.940. The maximum atomic E-state index is 4.28. The van der Waals surface area contributed by atoms with Gasteiger partial charge in [0.1, 0.15) is 0 Å². The van der Waals surface area contributed by atoms with E-state index in [1.807, 2.05) is 25.4 Å². The number of rotatable bonds is 5. The van der Waals surface area contributed by atoms with E-state index < -0.39 is 0 Å². The van der Waals surface area contributed by atoms with Crippen LogP contribution >= 0.6 is 0 Å². The van der Waals surface area contributed by atoms with Gasteiger partial charge in [-0.1, -0.05) is 36.4 Å². The van der Waals surface area contributed by atoms with Gasteiger partial charge in [-0.2, -0.15) is 10.2 Å². The highest BCUT2D eigenvalue weighted by molar-refractivity contribution is 5.69. The van der Waals surface area contributed by atoms with Crippen molar-refractivity contribution in [1.29, 1.82) is 0 Å². The Hall–Kier alpha value is -3.79. The molecule has 0 aliphatic carbocycles. The Morgan fingerprint density at radius 3 is 2.42 bits per heavy atom. The molecule has 0 amide bonds. The van der Waals surface area contributed by atoms with Crippen molar-refractivity contribution < 1.29 is 0 Å². The fraction of sp³-hybridized carbons (Fsp3) is 0.148. The maximum absolute atomic E-state index is 4.28. The molecule has 1 aliphatic heterocycles. The Morgan fingerprint density at radius 1 is 0.806 bits per heavy atom. The average molecular weight is 405 g/mol. The average Bonchev–Trinajstić information content (AvgIpc) is 2.83. The first-order chi connectivity index (χ1) is 15.2. The van der Waals surface area contributed by atoms with Crippen LogP contribution in [0.1, 0.15) is 22.4 Å². The minimum absolute atomic E-state index is 0.940. The Labute approximate surface area is 182 Å². The first-order valence-corrected chi connectivity index (χ1v) is 10.6. The number of nitrogens with zero attached hydrogens (tertiary/aromatic N) is 4. The third-order valence-corrected chi connectivity index (χ3v) is 5.77. The predicted octanol–water partition coefficient (Wildman–Crippen LogP) is 5.54. The fourth-order valence-corrected chi connectivity index (χ4v) is 4.01. The number of benzene rings is 2. The van der Waals surface area contributed by atoms with E-state index in [-0.39, 0.29) is 0 Å². The second-order valence-electron chi connectivity index (χ2n) is 7.96. The minimum Gasteiger partial charge on any atom is -0.373 e. The summed E-state index contributed by atoms with van der Waals surface area (Å²) in [5, 5.41) is 7.85. The molecule has 4 aromatic rings. The summed E-state index contributed by atoms with van der Waals surface area (Å²) >= 11 is 0. The summed E-state index contributed by atoms with van der Waals surface area (Å²) in [4.78, 5) is 6.67. The van der Waals surface area contributed by atoms with Crippen LogP contribution in [-0.4, -0.2) is 26.6 Å². The molecule has 0 fully saturated rings. The quantitative estimate of drug-likeness (QED) is 0.438. The SMILES string of the molecule is Cc1cc(-c2ccc(CCN3C=Cc4cc(-c5ccnnc5)ccc4C3)cc2)ccn1. The van der Waals surface area contributed by atoms with Crippen LogP contribution in [0.15, 0.2) is 85.5 Å². The lowest BCUT2D eigenvalue weighted by Gasteiger charge is -2.26. The van der Waals surface area contributed by atoms with Crippen LogP contribution in [0.2, 0.25) is 0 Å². The third-order valence-electron chi connectivity index (χ3n) is 5.77. The van der Waals surface area contributed by atoms with Gasteiger partial charge < -0.3 is 4.90 Å². The molecule has 1 aliphatic rings. The molecule has 0 N–H and O–H groups in total. The van der Waals surface area contributed by atoms with Crippen molar-refractivity contribution in [2.24, 2.45) is 0 Å². The standard InChI is InChI=1S/C27H24N4/c1-20-16-24(8-12-28-20)22-4-2-21(3-5-22)10-14-31-15-11-25-17-23(6-7-27(25)19-31)26-9-13-29-30-18-26/h2-9,11-13,15-18H,10,14,19H2,1H3. The lowest BCUT2D eigenvalue weighted by atomic mass is 9.98. The Balaban J connectivity index is 1.23. The summed E-state index contributed by atoms with van der Waals surface area (Å²) in [6.45, 7) is 3.97. The zero-order valence-electron chi connectivity index (χ0n) is 17.6. The first-order valence-electron chi connectivity index (χ1n) is 10.6. The van der Waals surface area contributed by atoms with Crippen LogP contribution < -0.4 is 0 Å². The molecule has 2 aromatic carbocycles. The predicted molar refractivity (Wildman–Crippen MR) is 125 cm³/mol. The molecule has 2 aromatic heterocycles. The zero-order valence-corrected chi connectivity index (χ0v) is 17.6. The van der Waals surface area contributed by atoms with Crippen molar-refractivity contribution in [3.05, 3.63) is 108 Å². The van der Waals surface area contributed by atoms with Gasteiger partial charge in [0, 0.05) is 30.5 Å². The maximum Gasteiger partial charge on any atom is 0.0574 e. The zero-order chi connectivity index (χ0) is 21.0. The highest BCUT2D eigenvalue weighted by atomic mass is 15.1. The second-order valence-corrected chi connectivity index (χ2v) is 7.96. The molecule has 4 heteroatoms. The molecular formula is C27H24N4. The topological polar surface area (TPSA) is 41.9 Å². The molecule has 0 saturated carbocycles. The van der Waals surface area contributed by atoms with Gasteiger partial charge in [0.15, 0.2) is 0 Å². The van der Waals surface area contributed by atoms with E-state index in [1.54, 1.807) is 6.20 Å². The van der Waals surface area contributed by atoms with Crippen molar-refractivity contribution in [2.75, 3.05) is 6.54 Å². The highest BCUT2D eigenvalue weighted by Crippen LogP contribution is 2.26. The molecule has 152 valence electrons. The number of hydrogen-bond donors (Lipinski definition) is 0. The summed E-state index contributed by atoms with van der Waals surface area (Å²) in [7, 11) is 0. The van der Waals surface area contributed by atoms with Gasteiger partial charge in [-0.3, -0.25) is 4.98 Å². The molecule has 4 nitrogen and oxygen atoms in total. The molecule has 0 atom stereocenters. The molecular weight excluding hydrogens is 380 g/mol. The highest BCUT2D eigenvalue weighted by Gasteiger charge is 2.12. The molecule has 0 unspecified atom stereocenters. The summed E-state index contributed by atoms with van der Waals surface area (Å²) in [6.07, 6.45) is 10.9. The molecule has 0 saturated heterocycles. The van der Waals surface area contributed by atoms with Crippen LogP contribution in [-0.2, 0) is 13.0 Å². The number of aromatic nitrogens is 3. The van der Waals surface area contributed by atoms with Gasteiger partial charge in [-0.15, -0.1) is 0 Å². The van der Waals surface area contributed by atoms with E-state index in [4.69, 9.17) is 0 Å². The smallest absolute Gasteiger partial charge is 0.0574 e. The van der Waals surface area contributed by atoms with Crippen molar-refractivity contribution >= 4 is 6.08 Å². The summed E-state index contributed by atoms with van der Waals surface area (Å²) in [5.74, 6) is 0. The van der Waals surface area contributed by atoms with E-state index >= 15 is 0 Å². The van der Waals surface area contributed by atoms with Crippen LogP contribution in [0.3, 0.4) is 0 Å². The molecule has 5 rings (SSSR count).